The Hall–Kier alpha value is -2.00. The van der Waals surface area contributed by atoms with Gasteiger partial charge in [-0.15, -0.1) is 0 Å². The summed E-state index contributed by atoms with van der Waals surface area (Å²) in [7, 11) is -1.95. The lowest BCUT2D eigenvalue weighted by molar-refractivity contribution is 0.0999. The van der Waals surface area contributed by atoms with E-state index in [0.717, 1.165) is 31.9 Å². The van der Waals surface area contributed by atoms with E-state index in [1.807, 2.05) is 0 Å². The molecule has 1 saturated heterocycles. The van der Waals surface area contributed by atoms with Crippen molar-refractivity contribution in [2.75, 3.05) is 51.2 Å². The minimum Gasteiger partial charge on any atom is -0.314 e. The molecule has 2 aliphatic rings. The minimum absolute atomic E-state index is 0.105. The highest BCUT2D eigenvalue weighted by molar-refractivity contribution is 7.89. The number of sulfonamides is 1. The minimum atomic E-state index is -3.65. The number of rotatable bonds is 5. The standard InChI is InChI=1S/C18H22N4O3S/c1-21-15-5-6-16(13-3-2-4-14(17(13)15)18(21)23)26(24,25)20-9-12-22-10-7-19-8-11-22/h2-6,19-20H,7-12H2,1H3. The van der Waals surface area contributed by atoms with E-state index in [1.165, 1.54) is 0 Å². The highest BCUT2D eigenvalue weighted by Crippen LogP contribution is 2.39. The van der Waals surface area contributed by atoms with Crippen LogP contribution in [-0.4, -0.2) is 65.5 Å². The zero-order chi connectivity index (χ0) is 18.3. The number of carbonyl (C=O) groups excluding carboxylic acids is 1. The summed E-state index contributed by atoms with van der Waals surface area (Å²) >= 11 is 0. The van der Waals surface area contributed by atoms with Gasteiger partial charge in [0.15, 0.2) is 0 Å². The first-order chi connectivity index (χ1) is 12.5. The fourth-order valence-corrected chi connectivity index (χ4v) is 4.92. The topological polar surface area (TPSA) is 81.8 Å². The van der Waals surface area contributed by atoms with Crippen molar-refractivity contribution in [1.82, 2.24) is 14.9 Å². The number of piperazine rings is 1. The van der Waals surface area contributed by atoms with Crippen LogP contribution in [0.25, 0.3) is 10.8 Å². The van der Waals surface area contributed by atoms with Crippen LogP contribution in [0.2, 0.25) is 0 Å². The fraction of sp³-hybridized carbons (Fsp3) is 0.389. The number of nitrogens with one attached hydrogen (secondary N) is 2. The second-order valence-electron chi connectivity index (χ2n) is 6.66. The van der Waals surface area contributed by atoms with E-state index in [0.29, 0.717) is 29.4 Å². The Morgan fingerprint density at radius 2 is 1.92 bits per heavy atom. The van der Waals surface area contributed by atoms with Crippen LogP contribution < -0.4 is 14.9 Å². The summed E-state index contributed by atoms with van der Waals surface area (Å²) in [6, 6.07) is 8.54. The molecule has 4 rings (SSSR count). The Labute approximate surface area is 153 Å². The Balaban J connectivity index is 1.61. The molecule has 7 nitrogen and oxygen atoms in total. The summed E-state index contributed by atoms with van der Waals surface area (Å²) in [6.07, 6.45) is 0. The molecule has 2 aliphatic heterocycles. The molecule has 138 valence electrons. The van der Waals surface area contributed by atoms with Gasteiger partial charge in [0.05, 0.1) is 10.6 Å². The Morgan fingerprint density at radius 1 is 1.15 bits per heavy atom. The van der Waals surface area contributed by atoms with Crippen LogP contribution in [0.5, 0.6) is 0 Å². The van der Waals surface area contributed by atoms with E-state index < -0.39 is 10.0 Å². The molecule has 2 N–H and O–H groups in total. The molecule has 0 saturated carbocycles. The summed E-state index contributed by atoms with van der Waals surface area (Å²) in [4.78, 5) is 16.4. The van der Waals surface area contributed by atoms with Gasteiger partial charge in [-0.3, -0.25) is 9.69 Å². The molecule has 1 amide bonds. The predicted octanol–water partition coefficient (Wildman–Crippen LogP) is 0.613. The van der Waals surface area contributed by atoms with Gasteiger partial charge < -0.3 is 10.2 Å². The third kappa shape index (κ3) is 2.88. The molecule has 0 spiro atoms. The van der Waals surface area contributed by atoms with Crippen molar-refractivity contribution in [2.45, 2.75) is 4.90 Å². The molecule has 0 bridgehead atoms. The molecule has 0 atom stereocenters. The highest BCUT2D eigenvalue weighted by atomic mass is 32.2. The molecule has 0 aliphatic carbocycles. The van der Waals surface area contributed by atoms with Gasteiger partial charge in [0, 0.05) is 62.7 Å². The van der Waals surface area contributed by atoms with E-state index in [4.69, 9.17) is 0 Å². The van der Waals surface area contributed by atoms with Gasteiger partial charge in [-0.1, -0.05) is 12.1 Å². The number of anilines is 1. The average molecular weight is 374 g/mol. The molecule has 0 radical (unpaired) electrons. The monoisotopic (exact) mass is 374 g/mol. The lowest BCUT2D eigenvalue weighted by atomic mass is 10.1. The fourth-order valence-electron chi connectivity index (χ4n) is 3.69. The first-order valence-corrected chi connectivity index (χ1v) is 10.2. The van der Waals surface area contributed by atoms with Crippen molar-refractivity contribution in [3.8, 4) is 0 Å². The van der Waals surface area contributed by atoms with Crippen molar-refractivity contribution >= 4 is 32.4 Å². The largest absolute Gasteiger partial charge is 0.314 e. The Kier molecular flexibility index (Phi) is 4.44. The van der Waals surface area contributed by atoms with Crippen LogP contribution in [-0.2, 0) is 10.0 Å². The van der Waals surface area contributed by atoms with Crippen LogP contribution in [0.15, 0.2) is 35.2 Å². The van der Waals surface area contributed by atoms with Crippen LogP contribution in [0.1, 0.15) is 10.4 Å². The van der Waals surface area contributed by atoms with E-state index in [-0.39, 0.29) is 10.8 Å². The third-order valence-electron chi connectivity index (χ3n) is 5.09. The summed E-state index contributed by atoms with van der Waals surface area (Å²) < 4.78 is 28.4. The summed E-state index contributed by atoms with van der Waals surface area (Å²) in [6.45, 7) is 4.77. The third-order valence-corrected chi connectivity index (χ3v) is 6.61. The normalized spacial score (nSPS) is 18.0. The first-order valence-electron chi connectivity index (χ1n) is 8.75. The summed E-state index contributed by atoms with van der Waals surface area (Å²) in [5.41, 5.74) is 1.30. The lowest BCUT2D eigenvalue weighted by Crippen LogP contribution is -2.46. The quantitative estimate of drug-likeness (QED) is 0.802. The number of amides is 1. The van der Waals surface area contributed by atoms with E-state index >= 15 is 0 Å². The van der Waals surface area contributed by atoms with Crippen LogP contribution >= 0.6 is 0 Å². The number of hydrogen-bond acceptors (Lipinski definition) is 5. The average Bonchev–Trinajstić information content (AvgIpc) is 2.89. The molecule has 0 aromatic heterocycles. The highest BCUT2D eigenvalue weighted by Gasteiger charge is 2.29. The van der Waals surface area contributed by atoms with Gasteiger partial charge >= 0.3 is 0 Å². The Bertz CT molecular complexity index is 968. The molecular weight excluding hydrogens is 352 g/mol. The van der Waals surface area contributed by atoms with Crippen molar-refractivity contribution in [3.63, 3.8) is 0 Å². The molecule has 1 fully saturated rings. The first kappa shape index (κ1) is 17.4. The molecule has 26 heavy (non-hydrogen) atoms. The number of nitrogens with zero attached hydrogens (tertiary/aromatic N) is 2. The smallest absolute Gasteiger partial charge is 0.258 e. The van der Waals surface area contributed by atoms with Crippen LogP contribution in [0.3, 0.4) is 0 Å². The molecule has 2 heterocycles. The molecule has 0 unspecified atom stereocenters. The molecule has 8 heteroatoms. The zero-order valence-corrected chi connectivity index (χ0v) is 15.5. The van der Waals surface area contributed by atoms with Gasteiger partial charge in [-0.05, 0) is 18.2 Å². The van der Waals surface area contributed by atoms with Gasteiger partial charge in [0.2, 0.25) is 10.0 Å². The van der Waals surface area contributed by atoms with Crippen molar-refractivity contribution in [2.24, 2.45) is 0 Å². The summed E-state index contributed by atoms with van der Waals surface area (Å²) in [5, 5.41) is 4.58. The van der Waals surface area contributed by atoms with E-state index in [1.54, 1.807) is 42.3 Å². The van der Waals surface area contributed by atoms with Gasteiger partial charge in [0.25, 0.3) is 5.91 Å². The predicted molar refractivity (Wildman–Crippen MR) is 101 cm³/mol. The second kappa shape index (κ2) is 6.62. The van der Waals surface area contributed by atoms with E-state index in [9.17, 15) is 13.2 Å². The molecule has 2 aromatic carbocycles. The van der Waals surface area contributed by atoms with E-state index in [2.05, 4.69) is 14.9 Å². The van der Waals surface area contributed by atoms with Gasteiger partial charge in [-0.25, -0.2) is 13.1 Å². The number of benzene rings is 2. The lowest BCUT2D eigenvalue weighted by Gasteiger charge is -2.27. The van der Waals surface area contributed by atoms with Crippen LogP contribution in [0, 0.1) is 0 Å². The van der Waals surface area contributed by atoms with Crippen molar-refractivity contribution in [1.29, 1.82) is 0 Å². The number of carbonyl (C=O) groups is 1. The van der Waals surface area contributed by atoms with Crippen LogP contribution in [0.4, 0.5) is 5.69 Å². The number of hydrogen-bond donors (Lipinski definition) is 2. The zero-order valence-electron chi connectivity index (χ0n) is 14.7. The molecular formula is C18H22N4O3S. The van der Waals surface area contributed by atoms with Gasteiger partial charge in [-0.2, -0.15) is 0 Å². The maximum absolute atomic E-state index is 12.9. The molecule has 2 aromatic rings. The SMILES string of the molecule is CN1C(=O)c2cccc3c(S(=O)(=O)NCCN4CCNCC4)ccc1c23. The summed E-state index contributed by atoms with van der Waals surface area (Å²) in [5.74, 6) is -0.105. The second-order valence-corrected chi connectivity index (χ2v) is 8.40. The maximum atomic E-state index is 12.9. The Morgan fingerprint density at radius 3 is 2.69 bits per heavy atom. The van der Waals surface area contributed by atoms with Gasteiger partial charge in [0.1, 0.15) is 0 Å². The van der Waals surface area contributed by atoms with Crippen molar-refractivity contribution in [3.05, 3.63) is 35.9 Å². The maximum Gasteiger partial charge on any atom is 0.258 e. The van der Waals surface area contributed by atoms with Crippen molar-refractivity contribution < 1.29 is 13.2 Å².